The molecule has 0 radical (unpaired) electrons. The van der Waals surface area contributed by atoms with Crippen LogP contribution in [0.3, 0.4) is 0 Å². The van der Waals surface area contributed by atoms with Crippen molar-refractivity contribution in [3.63, 3.8) is 0 Å². The topological polar surface area (TPSA) is 61.8 Å². The fraction of sp³-hybridized carbons (Fsp3) is 0.938. The number of carbonyl (C=O) groups is 1. The largest absolute Gasteiger partial charge is 0.444 e. The molecule has 1 saturated carbocycles. The molecule has 1 heterocycles. The molecule has 1 saturated heterocycles. The molecule has 0 aromatic heterocycles. The van der Waals surface area contributed by atoms with Crippen molar-refractivity contribution in [1.29, 1.82) is 0 Å². The Kier molecular flexibility index (Phi) is 5.49. The number of hydrogen-bond acceptors (Lipinski definition) is 4. The molecule has 122 valence electrons. The number of amides is 1. The Morgan fingerprint density at radius 1 is 1.29 bits per heavy atom. The van der Waals surface area contributed by atoms with Gasteiger partial charge >= 0.3 is 6.09 Å². The number of likely N-dealkylation sites (tertiary alicyclic amines) is 1. The Morgan fingerprint density at radius 3 is 2.57 bits per heavy atom. The summed E-state index contributed by atoms with van der Waals surface area (Å²) >= 11 is 0. The van der Waals surface area contributed by atoms with Gasteiger partial charge in [-0.2, -0.15) is 0 Å². The molecule has 5 heteroatoms. The molecule has 1 aliphatic carbocycles. The summed E-state index contributed by atoms with van der Waals surface area (Å²) in [5.41, 5.74) is -0.423. The summed E-state index contributed by atoms with van der Waals surface area (Å²) in [6.07, 6.45) is 3.82. The van der Waals surface area contributed by atoms with E-state index in [0.717, 1.165) is 45.4 Å². The van der Waals surface area contributed by atoms with Crippen molar-refractivity contribution >= 4 is 6.09 Å². The maximum Gasteiger partial charge on any atom is 0.410 e. The Hall–Kier alpha value is -0.810. The van der Waals surface area contributed by atoms with Crippen molar-refractivity contribution in [2.45, 2.75) is 58.2 Å². The summed E-state index contributed by atoms with van der Waals surface area (Å²) in [4.78, 5) is 13.9. The smallest absolute Gasteiger partial charge is 0.410 e. The molecule has 2 rings (SSSR count). The zero-order valence-electron chi connectivity index (χ0n) is 13.6. The molecular weight excluding hydrogens is 268 g/mol. The van der Waals surface area contributed by atoms with Crippen molar-refractivity contribution in [1.82, 2.24) is 10.2 Å². The van der Waals surface area contributed by atoms with Crippen molar-refractivity contribution < 1.29 is 14.6 Å². The standard InChI is InChI=1S/C16H30N2O3/c1-16(2,3)21-15(20)18-6-4-5-12(11-18)9-17-10-13-7-14(19)8-13/h12-14,17,19H,4-11H2,1-3H3. The molecule has 1 unspecified atom stereocenters. The number of hydrogen-bond donors (Lipinski definition) is 2. The predicted octanol–water partition coefficient (Wildman–Crippen LogP) is 1.99. The van der Waals surface area contributed by atoms with Crippen LogP contribution in [0.25, 0.3) is 0 Å². The second-order valence-corrected chi connectivity index (χ2v) is 7.58. The van der Waals surface area contributed by atoms with E-state index in [9.17, 15) is 9.90 Å². The lowest BCUT2D eigenvalue weighted by atomic mass is 9.82. The Morgan fingerprint density at radius 2 is 1.95 bits per heavy atom. The van der Waals surface area contributed by atoms with E-state index in [-0.39, 0.29) is 12.2 Å². The molecule has 2 aliphatic rings. The summed E-state index contributed by atoms with van der Waals surface area (Å²) in [6.45, 7) is 9.24. The van der Waals surface area contributed by atoms with Gasteiger partial charge in [-0.3, -0.25) is 0 Å². The summed E-state index contributed by atoms with van der Waals surface area (Å²) in [5, 5.41) is 12.8. The van der Waals surface area contributed by atoms with Gasteiger partial charge in [0, 0.05) is 13.1 Å². The molecule has 0 bridgehead atoms. The second kappa shape index (κ2) is 6.97. The minimum atomic E-state index is -0.423. The SMILES string of the molecule is CC(C)(C)OC(=O)N1CCCC(CNCC2CC(O)C2)C1. The number of nitrogens with zero attached hydrogens (tertiary/aromatic N) is 1. The van der Waals surface area contributed by atoms with Gasteiger partial charge in [0.25, 0.3) is 0 Å². The van der Waals surface area contributed by atoms with Crippen LogP contribution in [0.5, 0.6) is 0 Å². The van der Waals surface area contributed by atoms with Crippen LogP contribution in [0.2, 0.25) is 0 Å². The maximum atomic E-state index is 12.1. The molecule has 5 nitrogen and oxygen atoms in total. The molecule has 0 aromatic carbocycles. The average molecular weight is 298 g/mol. The number of aliphatic hydroxyl groups is 1. The van der Waals surface area contributed by atoms with E-state index >= 15 is 0 Å². The number of ether oxygens (including phenoxy) is 1. The molecule has 0 spiro atoms. The summed E-state index contributed by atoms with van der Waals surface area (Å²) in [7, 11) is 0. The average Bonchev–Trinajstić information content (AvgIpc) is 2.35. The van der Waals surface area contributed by atoms with Gasteiger partial charge in [0.2, 0.25) is 0 Å². The van der Waals surface area contributed by atoms with Gasteiger partial charge in [-0.15, -0.1) is 0 Å². The Balaban J connectivity index is 1.67. The van der Waals surface area contributed by atoms with E-state index in [1.54, 1.807) is 0 Å². The molecule has 1 atom stereocenters. The first-order valence-corrected chi connectivity index (χ1v) is 8.20. The van der Waals surface area contributed by atoms with Crippen molar-refractivity contribution in [3.8, 4) is 0 Å². The monoisotopic (exact) mass is 298 g/mol. The molecule has 0 aromatic rings. The highest BCUT2D eigenvalue weighted by molar-refractivity contribution is 5.68. The van der Waals surface area contributed by atoms with Gasteiger partial charge in [-0.25, -0.2) is 4.79 Å². The van der Waals surface area contributed by atoms with Crippen LogP contribution in [0, 0.1) is 11.8 Å². The number of nitrogens with one attached hydrogen (secondary N) is 1. The van der Waals surface area contributed by atoms with E-state index in [2.05, 4.69) is 5.32 Å². The fourth-order valence-electron chi connectivity index (χ4n) is 3.08. The highest BCUT2D eigenvalue weighted by atomic mass is 16.6. The van der Waals surface area contributed by atoms with Gasteiger partial charge in [-0.05, 0) is 71.4 Å². The molecule has 21 heavy (non-hydrogen) atoms. The van der Waals surface area contributed by atoms with E-state index in [1.807, 2.05) is 25.7 Å². The Labute approximate surface area is 128 Å². The lowest BCUT2D eigenvalue weighted by molar-refractivity contribution is 0.0159. The highest BCUT2D eigenvalue weighted by Crippen LogP contribution is 2.26. The van der Waals surface area contributed by atoms with E-state index in [1.165, 1.54) is 6.42 Å². The molecule has 2 N–H and O–H groups in total. The fourth-order valence-corrected chi connectivity index (χ4v) is 3.08. The first kappa shape index (κ1) is 16.6. The summed E-state index contributed by atoms with van der Waals surface area (Å²) < 4.78 is 5.45. The number of rotatable bonds is 4. The molecular formula is C16H30N2O3. The maximum absolute atomic E-state index is 12.1. The van der Waals surface area contributed by atoms with Crippen LogP contribution in [-0.2, 0) is 4.74 Å². The van der Waals surface area contributed by atoms with E-state index in [0.29, 0.717) is 11.8 Å². The zero-order chi connectivity index (χ0) is 15.5. The third-order valence-electron chi connectivity index (χ3n) is 4.25. The van der Waals surface area contributed by atoms with Crippen LogP contribution >= 0.6 is 0 Å². The van der Waals surface area contributed by atoms with Crippen molar-refractivity contribution in [2.75, 3.05) is 26.2 Å². The first-order valence-electron chi connectivity index (χ1n) is 8.20. The highest BCUT2D eigenvalue weighted by Gasteiger charge is 2.29. The minimum Gasteiger partial charge on any atom is -0.444 e. The van der Waals surface area contributed by atoms with Crippen molar-refractivity contribution in [3.05, 3.63) is 0 Å². The molecule has 1 amide bonds. The van der Waals surface area contributed by atoms with Crippen LogP contribution in [0.4, 0.5) is 4.79 Å². The van der Waals surface area contributed by atoms with Crippen LogP contribution in [0.1, 0.15) is 46.5 Å². The first-order chi connectivity index (χ1) is 9.83. The van der Waals surface area contributed by atoms with Crippen LogP contribution in [-0.4, -0.2) is 54.0 Å². The number of piperidine rings is 1. The van der Waals surface area contributed by atoms with E-state index < -0.39 is 5.60 Å². The molecule has 1 aliphatic heterocycles. The lowest BCUT2D eigenvalue weighted by Crippen LogP contribution is -2.46. The minimum absolute atomic E-state index is 0.0749. The second-order valence-electron chi connectivity index (χ2n) is 7.58. The molecule has 2 fully saturated rings. The van der Waals surface area contributed by atoms with Crippen LogP contribution < -0.4 is 5.32 Å². The van der Waals surface area contributed by atoms with Gasteiger partial charge in [-0.1, -0.05) is 0 Å². The van der Waals surface area contributed by atoms with E-state index in [4.69, 9.17) is 4.74 Å². The lowest BCUT2D eigenvalue weighted by Gasteiger charge is -2.35. The van der Waals surface area contributed by atoms with Gasteiger partial charge < -0.3 is 20.1 Å². The zero-order valence-corrected chi connectivity index (χ0v) is 13.6. The van der Waals surface area contributed by atoms with Gasteiger partial charge in [0.1, 0.15) is 5.60 Å². The summed E-state index contributed by atoms with van der Waals surface area (Å²) in [6, 6.07) is 0. The quantitative estimate of drug-likeness (QED) is 0.833. The summed E-state index contributed by atoms with van der Waals surface area (Å²) in [5.74, 6) is 1.14. The van der Waals surface area contributed by atoms with Crippen LogP contribution in [0.15, 0.2) is 0 Å². The third kappa shape index (κ3) is 5.47. The number of carbonyl (C=O) groups excluding carboxylic acids is 1. The number of aliphatic hydroxyl groups excluding tert-OH is 1. The van der Waals surface area contributed by atoms with Crippen molar-refractivity contribution in [2.24, 2.45) is 11.8 Å². The predicted molar refractivity (Wildman–Crippen MR) is 82.1 cm³/mol. The van der Waals surface area contributed by atoms with Gasteiger partial charge in [0.05, 0.1) is 6.10 Å². The third-order valence-corrected chi connectivity index (χ3v) is 4.25. The van der Waals surface area contributed by atoms with Gasteiger partial charge in [0.15, 0.2) is 0 Å². The Bertz CT molecular complexity index is 348. The normalized spacial score (nSPS) is 29.9.